The maximum Gasteiger partial charge on any atom is 0.260 e. The van der Waals surface area contributed by atoms with Crippen LogP contribution >= 0.6 is 22.6 Å². The van der Waals surface area contributed by atoms with Gasteiger partial charge in [-0.1, -0.05) is 30.0 Å². The third-order valence-electron chi connectivity index (χ3n) is 6.04. The number of imidazole rings is 1. The van der Waals surface area contributed by atoms with E-state index in [1.54, 1.807) is 16.9 Å². The largest absolute Gasteiger partial charge is 0.293 e. The van der Waals surface area contributed by atoms with Crippen LogP contribution in [0.15, 0.2) is 60.9 Å². The molecule has 6 nitrogen and oxygen atoms in total. The molecule has 1 spiro atoms. The number of carbonyl (C=O) groups is 1. The van der Waals surface area contributed by atoms with Gasteiger partial charge in [0, 0.05) is 27.9 Å². The molecule has 1 fully saturated rings. The van der Waals surface area contributed by atoms with E-state index in [0.717, 1.165) is 17.0 Å². The first-order chi connectivity index (χ1) is 16.0. The second kappa shape index (κ2) is 7.28. The van der Waals surface area contributed by atoms with Gasteiger partial charge >= 0.3 is 0 Å². The van der Waals surface area contributed by atoms with E-state index in [0.29, 0.717) is 27.9 Å². The summed E-state index contributed by atoms with van der Waals surface area (Å²) in [7, 11) is 1.84. The number of fused-ring (bicyclic) bond motifs is 2. The summed E-state index contributed by atoms with van der Waals surface area (Å²) in [6, 6.07) is 14.6. The molecule has 0 N–H and O–H groups in total. The SMILES string of the molecule is Cn1ccc(-c2cnc3n2C2(CC2)C(=O)N3c2c(F)cc(C#Cc3ccccc3)cc2I)n1. The first-order valence-corrected chi connectivity index (χ1v) is 11.5. The van der Waals surface area contributed by atoms with Crippen molar-refractivity contribution in [1.29, 1.82) is 0 Å². The zero-order valence-corrected chi connectivity index (χ0v) is 19.7. The first kappa shape index (κ1) is 20.2. The summed E-state index contributed by atoms with van der Waals surface area (Å²) >= 11 is 2.06. The molecule has 0 atom stereocenters. The molecular formula is C25H17FIN5O. The molecular weight excluding hydrogens is 532 g/mol. The van der Waals surface area contributed by atoms with E-state index in [1.165, 1.54) is 11.0 Å². The molecule has 1 saturated carbocycles. The fraction of sp³-hybridized carbons (Fsp3) is 0.160. The van der Waals surface area contributed by atoms with Crippen LogP contribution in [0.5, 0.6) is 0 Å². The Bertz CT molecular complexity index is 1470. The smallest absolute Gasteiger partial charge is 0.260 e. The lowest BCUT2D eigenvalue weighted by molar-refractivity contribution is -0.120. The molecule has 6 rings (SSSR count). The van der Waals surface area contributed by atoms with E-state index in [-0.39, 0.29) is 11.6 Å². The highest BCUT2D eigenvalue weighted by Gasteiger charge is 2.62. The number of aryl methyl sites for hydroxylation is 1. The first-order valence-electron chi connectivity index (χ1n) is 10.5. The van der Waals surface area contributed by atoms with E-state index in [2.05, 4.69) is 44.5 Å². The number of rotatable bonds is 2. The van der Waals surface area contributed by atoms with Gasteiger partial charge in [-0.2, -0.15) is 5.10 Å². The molecule has 8 heteroatoms. The highest BCUT2D eigenvalue weighted by molar-refractivity contribution is 14.1. The Balaban J connectivity index is 1.43. The summed E-state index contributed by atoms with van der Waals surface area (Å²) < 4.78 is 19.7. The molecule has 1 aliphatic heterocycles. The van der Waals surface area contributed by atoms with Crippen molar-refractivity contribution in [2.45, 2.75) is 18.4 Å². The maximum absolute atomic E-state index is 15.4. The van der Waals surface area contributed by atoms with Gasteiger partial charge in [-0.3, -0.25) is 14.0 Å². The van der Waals surface area contributed by atoms with Crippen LogP contribution in [0.25, 0.3) is 11.4 Å². The van der Waals surface area contributed by atoms with Crippen LogP contribution in [0.4, 0.5) is 16.0 Å². The third kappa shape index (κ3) is 3.10. The highest BCUT2D eigenvalue weighted by Crippen LogP contribution is 2.56. The van der Waals surface area contributed by atoms with E-state index in [4.69, 9.17) is 0 Å². The normalized spacial score (nSPS) is 15.5. The molecule has 0 bridgehead atoms. The van der Waals surface area contributed by atoms with Crippen LogP contribution in [0, 0.1) is 21.2 Å². The van der Waals surface area contributed by atoms with E-state index < -0.39 is 11.4 Å². The number of halogens is 2. The van der Waals surface area contributed by atoms with Crippen LogP contribution in [0.2, 0.25) is 0 Å². The fourth-order valence-electron chi connectivity index (χ4n) is 4.32. The van der Waals surface area contributed by atoms with Gasteiger partial charge < -0.3 is 0 Å². The Morgan fingerprint density at radius 3 is 2.52 bits per heavy atom. The molecule has 1 aliphatic carbocycles. The number of benzene rings is 2. The molecule has 1 amide bonds. The molecule has 0 saturated heterocycles. The van der Waals surface area contributed by atoms with Crippen molar-refractivity contribution < 1.29 is 9.18 Å². The highest BCUT2D eigenvalue weighted by atomic mass is 127. The summed E-state index contributed by atoms with van der Waals surface area (Å²) in [5.41, 5.74) is 2.41. The van der Waals surface area contributed by atoms with Crippen LogP contribution < -0.4 is 4.90 Å². The van der Waals surface area contributed by atoms with Gasteiger partial charge in [0.05, 0.1) is 11.9 Å². The quantitative estimate of drug-likeness (QED) is 0.272. The predicted molar refractivity (Wildman–Crippen MR) is 130 cm³/mol. The summed E-state index contributed by atoms with van der Waals surface area (Å²) in [6.07, 6.45) is 4.96. The predicted octanol–water partition coefficient (Wildman–Crippen LogP) is 4.59. The van der Waals surface area contributed by atoms with Crippen molar-refractivity contribution in [3.05, 3.63) is 81.4 Å². The minimum atomic E-state index is -0.708. The van der Waals surface area contributed by atoms with Crippen molar-refractivity contribution in [3.63, 3.8) is 0 Å². The van der Waals surface area contributed by atoms with Crippen LogP contribution in [0.3, 0.4) is 0 Å². The van der Waals surface area contributed by atoms with Crippen molar-refractivity contribution in [3.8, 4) is 23.2 Å². The lowest BCUT2D eigenvalue weighted by Gasteiger charge is -2.18. The minimum absolute atomic E-state index is 0.150. The second-order valence-corrected chi connectivity index (χ2v) is 9.39. The Kier molecular flexibility index (Phi) is 4.45. The third-order valence-corrected chi connectivity index (χ3v) is 6.86. The number of anilines is 2. The zero-order valence-electron chi connectivity index (χ0n) is 17.6. The number of carbonyl (C=O) groups excluding carboxylic acids is 1. The molecule has 0 unspecified atom stereocenters. The topological polar surface area (TPSA) is 56.0 Å². The Morgan fingerprint density at radius 2 is 1.85 bits per heavy atom. The average molecular weight is 549 g/mol. The number of nitrogens with zero attached hydrogens (tertiary/aromatic N) is 5. The van der Waals surface area contributed by atoms with E-state index in [9.17, 15) is 4.79 Å². The fourth-order valence-corrected chi connectivity index (χ4v) is 5.16. The molecule has 3 heterocycles. The molecule has 4 aromatic rings. The van der Waals surface area contributed by atoms with Gasteiger partial charge in [0.15, 0.2) is 0 Å². The Labute approximate surface area is 203 Å². The second-order valence-electron chi connectivity index (χ2n) is 8.23. The average Bonchev–Trinajstić information content (AvgIpc) is 3.20. The van der Waals surface area contributed by atoms with Crippen LogP contribution in [0.1, 0.15) is 24.0 Å². The van der Waals surface area contributed by atoms with E-state index in [1.807, 2.05) is 54.2 Å². The van der Waals surface area contributed by atoms with Gasteiger partial charge in [0.2, 0.25) is 5.95 Å². The van der Waals surface area contributed by atoms with Gasteiger partial charge in [0.1, 0.15) is 22.7 Å². The standard InChI is InChI=1S/C25H17FIN5O/c1-30-12-9-20(29-30)21-15-28-24-31(23(33)25(10-11-25)32(21)24)22-18(26)13-17(14-19(22)27)8-7-16-5-3-2-4-6-16/h2-6,9,12-15H,10-11H2,1H3. The zero-order chi connectivity index (χ0) is 22.7. The number of aromatic nitrogens is 4. The van der Waals surface area contributed by atoms with E-state index >= 15 is 4.39 Å². The summed E-state index contributed by atoms with van der Waals surface area (Å²) in [5, 5.41) is 4.47. The lowest BCUT2D eigenvalue weighted by atomic mass is 10.1. The molecule has 33 heavy (non-hydrogen) atoms. The van der Waals surface area contributed by atoms with Gasteiger partial charge in [-0.05, 0) is 65.8 Å². The van der Waals surface area contributed by atoms with Crippen molar-refractivity contribution in [2.24, 2.45) is 7.05 Å². The Hall–Kier alpha value is -3.45. The van der Waals surface area contributed by atoms with Gasteiger partial charge in [-0.15, -0.1) is 0 Å². The van der Waals surface area contributed by atoms with Crippen molar-refractivity contribution >= 4 is 40.1 Å². The minimum Gasteiger partial charge on any atom is -0.293 e. The molecule has 162 valence electrons. The maximum atomic E-state index is 15.4. The molecule has 2 aliphatic rings. The monoisotopic (exact) mass is 549 g/mol. The molecule has 2 aromatic carbocycles. The number of hydrogen-bond acceptors (Lipinski definition) is 3. The summed E-state index contributed by atoms with van der Waals surface area (Å²) in [4.78, 5) is 19.5. The number of amides is 1. The summed E-state index contributed by atoms with van der Waals surface area (Å²) in [6.45, 7) is 0. The molecule has 0 radical (unpaired) electrons. The van der Waals surface area contributed by atoms with Crippen molar-refractivity contribution in [1.82, 2.24) is 19.3 Å². The number of hydrogen-bond donors (Lipinski definition) is 0. The van der Waals surface area contributed by atoms with Gasteiger partial charge in [-0.25, -0.2) is 14.3 Å². The van der Waals surface area contributed by atoms with Gasteiger partial charge in [0.25, 0.3) is 5.91 Å². The lowest BCUT2D eigenvalue weighted by Crippen LogP contribution is -2.31. The van der Waals surface area contributed by atoms with Crippen LogP contribution in [-0.4, -0.2) is 25.2 Å². The molecule has 2 aromatic heterocycles. The summed E-state index contributed by atoms with van der Waals surface area (Å²) in [5.74, 6) is 5.84. The van der Waals surface area contributed by atoms with Crippen molar-refractivity contribution in [2.75, 3.05) is 4.90 Å². The van der Waals surface area contributed by atoms with Crippen LogP contribution in [-0.2, 0) is 17.4 Å². The Morgan fingerprint density at radius 1 is 1.09 bits per heavy atom.